The number of hydrogen-bond donors (Lipinski definition) is 1. The zero-order valence-electron chi connectivity index (χ0n) is 12.8. The molecule has 1 aromatic rings. The van der Waals surface area contributed by atoms with Gasteiger partial charge in [0.15, 0.2) is 11.5 Å². The summed E-state index contributed by atoms with van der Waals surface area (Å²) in [5, 5.41) is 12.1. The Kier molecular flexibility index (Phi) is 6.17. The fourth-order valence-corrected chi connectivity index (χ4v) is 1.88. The summed E-state index contributed by atoms with van der Waals surface area (Å²) in [6.45, 7) is 7.68. The minimum Gasteiger partial charge on any atom is -0.493 e. The smallest absolute Gasteiger partial charge is 0.163 e. The first kappa shape index (κ1) is 16.2. The van der Waals surface area contributed by atoms with E-state index in [2.05, 4.69) is 25.2 Å². The summed E-state index contributed by atoms with van der Waals surface area (Å²) < 4.78 is 10.8. The monoisotopic (exact) mass is 276 g/mol. The molecule has 4 heteroatoms. The van der Waals surface area contributed by atoms with Crippen LogP contribution in [-0.4, -0.2) is 20.3 Å². The van der Waals surface area contributed by atoms with Gasteiger partial charge in [-0.3, -0.25) is 0 Å². The van der Waals surface area contributed by atoms with Crippen molar-refractivity contribution in [3.05, 3.63) is 18.2 Å². The number of nitriles is 1. The highest BCUT2D eigenvalue weighted by atomic mass is 16.5. The molecule has 0 unspecified atom stereocenters. The Morgan fingerprint density at radius 3 is 2.65 bits per heavy atom. The highest BCUT2D eigenvalue weighted by molar-refractivity contribution is 5.54. The van der Waals surface area contributed by atoms with Crippen molar-refractivity contribution in [2.24, 2.45) is 5.41 Å². The summed E-state index contributed by atoms with van der Waals surface area (Å²) >= 11 is 0. The fourth-order valence-electron chi connectivity index (χ4n) is 1.88. The van der Waals surface area contributed by atoms with Crippen LogP contribution in [0.5, 0.6) is 11.5 Å². The first-order valence-corrected chi connectivity index (χ1v) is 6.94. The predicted molar refractivity (Wildman–Crippen MR) is 81.3 cm³/mol. The zero-order chi connectivity index (χ0) is 15.0. The van der Waals surface area contributed by atoms with Crippen molar-refractivity contribution in [2.45, 2.75) is 33.6 Å². The lowest BCUT2D eigenvalue weighted by atomic mass is 9.88. The zero-order valence-corrected chi connectivity index (χ0v) is 12.8. The standard InChI is InChI=1S/C16H24N2O2/c1-5-20-15-11-13(7-8-14(15)19-4)18-12-16(2,3)9-6-10-17/h7-8,11,18H,5-6,9,12H2,1-4H3. The molecule has 0 saturated heterocycles. The summed E-state index contributed by atoms with van der Waals surface area (Å²) in [5.41, 5.74) is 1.08. The van der Waals surface area contributed by atoms with Gasteiger partial charge in [0.2, 0.25) is 0 Å². The third kappa shape index (κ3) is 5.00. The highest BCUT2D eigenvalue weighted by Crippen LogP contribution is 2.31. The van der Waals surface area contributed by atoms with Gasteiger partial charge < -0.3 is 14.8 Å². The van der Waals surface area contributed by atoms with Crippen molar-refractivity contribution in [1.29, 1.82) is 5.26 Å². The molecule has 0 bridgehead atoms. The van der Waals surface area contributed by atoms with E-state index in [0.717, 1.165) is 30.2 Å². The van der Waals surface area contributed by atoms with Crippen LogP contribution in [0, 0.1) is 16.7 Å². The van der Waals surface area contributed by atoms with Gasteiger partial charge in [0, 0.05) is 24.7 Å². The quantitative estimate of drug-likeness (QED) is 0.784. The van der Waals surface area contributed by atoms with Crippen LogP contribution in [0.2, 0.25) is 0 Å². The van der Waals surface area contributed by atoms with E-state index in [1.54, 1.807) is 7.11 Å². The molecule has 1 N–H and O–H groups in total. The molecule has 0 amide bonds. The molecule has 4 nitrogen and oxygen atoms in total. The number of nitrogens with zero attached hydrogens (tertiary/aromatic N) is 1. The summed E-state index contributed by atoms with van der Waals surface area (Å²) in [4.78, 5) is 0. The van der Waals surface area contributed by atoms with Crippen molar-refractivity contribution >= 4 is 5.69 Å². The van der Waals surface area contributed by atoms with E-state index in [9.17, 15) is 0 Å². The maximum atomic E-state index is 8.67. The average Bonchev–Trinajstić information content (AvgIpc) is 2.44. The van der Waals surface area contributed by atoms with Gasteiger partial charge in [-0.15, -0.1) is 0 Å². The van der Waals surface area contributed by atoms with Crippen LogP contribution in [-0.2, 0) is 0 Å². The number of benzene rings is 1. The summed E-state index contributed by atoms with van der Waals surface area (Å²) in [7, 11) is 1.63. The Morgan fingerprint density at radius 2 is 2.05 bits per heavy atom. The molecular formula is C16H24N2O2. The van der Waals surface area contributed by atoms with Gasteiger partial charge in [0.25, 0.3) is 0 Å². The number of hydrogen-bond acceptors (Lipinski definition) is 4. The van der Waals surface area contributed by atoms with Gasteiger partial charge in [-0.25, -0.2) is 0 Å². The van der Waals surface area contributed by atoms with Crippen LogP contribution in [0.25, 0.3) is 0 Å². The van der Waals surface area contributed by atoms with Crippen LogP contribution in [0.4, 0.5) is 5.69 Å². The number of ether oxygens (including phenoxy) is 2. The lowest BCUT2D eigenvalue weighted by molar-refractivity contribution is 0.311. The van der Waals surface area contributed by atoms with Crippen LogP contribution >= 0.6 is 0 Å². The SMILES string of the molecule is CCOc1cc(NCC(C)(C)CCC#N)ccc1OC. The first-order valence-electron chi connectivity index (χ1n) is 6.94. The normalized spacial score (nSPS) is 10.8. The van der Waals surface area contributed by atoms with E-state index >= 15 is 0 Å². The number of rotatable bonds is 8. The third-order valence-electron chi connectivity index (χ3n) is 3.15. The average molecular weight is 276 g/mol. The molecule has 20 heavy (non-hydrogen) atoms. The molecule has 0 aliphatic carbocycles. The second-order valence-electron chi connectivity index (χ2n) is 5.47. The molecule has 0 fully saturated rings. The van der Waals surface area contributed by atoms with Crippen molar-refractivity contribution < 1.29 is 9.47 Å². The minimum atomic E-state index is 0.0848. The molecule has 0 atom stereocenters. The van der Waals surface area contributed by atoms with E-state index in [-0.39, 0.29) is 5.41 Å². The predicted octanol–water partition coefficient (Wildman–Crippen LogP) is 3.84. The fraction of sp³-hybridized carbons (Fsp3) is 0.562. The topological polar surface area (TPSA) is 54.3 Å². The molecular weight excluding hydrogens is 252 g/mol. The van der Waals surface area contributed by atoms with Crippen LogP contribution in [0.3, 0.4) is 0 Å². The van der Waals surface area contributed by atoms with Crippen LogP contribution < -0.4 is 14.8 Å². The Labute approximate surface area is 121 Å². The second kappa shape index (κ2) is 7.64. The third-order valence-corrected chi connectivity index (χ3v) is 3.15. The number of nitrogens with one attached hydrogen (secondary N) is 1. The van der Waals surface area contributed by atoms with E-state index in [0.29, 0.717) is 13.0 Å². The summed E-state index contributed by atoms with van der Waals surface area (Å²) in [6.07, 6.45) is 1.46. The van der Waals surface area contributed by atoms with E-state index in [1.807, 2.05) is 25.1 Å². The molecule has 0 aliphatic heterocycles. The Morgan fingerprint density at radius 1 is 1.30 bits per heavy atom. The van der Waals surface area contributed by atoms with Gasteiger partial charge in [-0.1, -0.05) is 13.8 Å². The minimum absolute atomic E-state index is 0.0848. The Hall–Kier alpha value is -1.89. The second-order valence-corrected chi connectivity index (χ2v) is 5.47. The Balaban J connectivity index is 2.68. The number of methoxy groups -OCH3 is 1. The van der Waals surface area contributed by atoms with Gasteiger partial charge in [0.1, 0.15) is 0 Å². The van der Waals surface area contributed by atoms with Crippen molar-refractivity contribution in [3.63, 3.8) is 0 Å². The summed E-state index contributed by atoms with van der Waals surface area (Å²) in [5.74, 6) is 1.48. The Bertz CT molecular complexity index is 464. The summed E-state index contributed by atoms with van der Waals surface area (Å²) in [6, 6.07) is 8.02. The molecule has 110 valence electrons. The van der Waals surface area contributed by atoms with Crippen molar-refractivity contribution in [2.75, 3.05) is 25.6 Å². The van der Waals surface area contributed by atoms with Crippen LogP contribution in [0.15, 0.2) is 18.2 Å². The molecule has 0 radical (unpaired) electrons. The number of anilines is 1. The molecule has 0 spiro atoms. The molecule has 0 aliphatic rings. The molecule has 1 aromatic carbocycles. The molecule has 0 aromatic heterocycles. The maximum absolute atomic E-state index is 8.67. The van der Waals surface area contributed by atoms with Gasteiger partial charge in [-0.05, 0) is 30.9 Å². The van der Waals surface area contributed by atoms with Crippen molar-refractivity contribution in [1.82, 2.24) is 0 Å². The van der Waals surface area contributed by atoms with Gasteiger partial charge >= 0.3 is 0 Å². The lowest BCUT2D eigenvalue weighted by Gasteiger charge is -2.24. The van der Waals surface area contributed by atoms with E-state index < -0.39 is 0 Å². The van der Waals surface area contributed by atoms with Crippen LogP contribution in [0.1, 0.15) is 33.6 Å². The van der Waals surface area contributed by atoms with Gasteiger partial charge in [-0.2, -0.15) is 5.26 Å². The molecule has 0 heterocycles. The van der Waals surface area contributed by atoms with Crippen molar-refractivity contribution in [3.8, 4) is 17.6 Å². The first-order chi connectivity index (χ1) is 9.52. The highest BCUT2D eigenvalue weighted by Gasteiger charge is 2.17. The lowest BCUT2D eigenvalue weighted by Crippen LogP contribution is -2.22. The molecule has 0 saturated carbocycles. The van der Waals surface area contributed by atoms with E-state index in [1.165, 1.54) is 0 Å². The largest absolute Gasteiger partial charge is 0.493 e. The van der Waals surface area contributed by atoms with E-state index in [4.69, 9.17) is 14.7 Å². The van der Waals surface area contributed by atoms with Gasteiger partial charge in [0.05, 0.1) is 19.8 Å². The molecule has 1 rings (SSSR count). The maximum Gasteiger partial charge on any atom is 0.163 e.